The van der Waals surface area contributed by atoms with Crippen LogP contribution >= 0.6 is 0 Å². The van der Waals surface area contributed by atoms with Gasteiger partial charge in [-0.3, -0.25) is 4.79 Å². The van der Waals surface area contributed by atoms with Gasteiger partial charge in [0, 0.05) is 13.0 Å². The van der Waals surface area contributed by atoms with Crippen molar-refractivity contribution in [3.05, 3.63) is 30.1 Å². The number of ether oxygens (including phenoxy) is 1. The summed E-state index contributed by atoms with van der Waals surface area (Å²) in [6, 6.07) is 8.01. The van der Waals surface area contributed by atoms with Gasteiger partial charge < -0.3 is 9.30 Å². The predicted molar refractivity (Wildman–Crippen MR) is 79.6 cm³/mol. The summed E-state index contributed by atoms with van der Waals surface area (Å²) in [7, 11) is 0. The third-order valence-electron chi connectivity index (χ3n) is 3.01. The molecule has 0 aliphatic rings. The first-order valence-electron chi connectivity index (χ1n) is 7.06. The summed E-state index contributed by atoms with van der Waals surface area (Å²) in [4.78, 5) is 16.4. The Bertz CT molecular complexity index is 608. The largest absolute Gasteiger partial charge is 0.460 e. The van der Waals surface area contributed by atoms with E-state index in [4.69, 9.17) is 4.74 Å². The Balaban J connectivity index is 2.15. The van der Waals surface area contributed by atoms with Crippen molar-refractivity contribution in [3.63, 3.8) is 0 Å². The van der Waals surface area contributed by atoms with Crippen LogP contribution in [0.15, 0.2) is 24.3 Å². The normalized spacial score (nSPS) is 11.8. The molecule has 108 valence electrons. The minimum absolute atomic E-state index is 0.169. The minimum Gasteiger partial charge on any atom is -0.460 e. The monoisotopic (exact) mass is 274 g/mol. The van der Waals surface area contributed by atoms with E-state index in [1.807, 2.05) is 45.0 Å². The van der Waals surface area contributed by atoms with E-state index in [2.05, 4.69) is 16.5 Å². The van der Waals surface area contributed by atoms with Gasteiger partial charge in [0.15, 0.2) is 0 Å². The number of hydrogen-bond acceptors (Lipinski definition) is 3. The van der Waals surface area contributed by atoms with Crippen LogP contribution in [0.4, 0.5) is 0 Å². The number of fused-ring (bicyclic) bond motifs is 1. The number of nitrogens with zero attached hydrogens (tertiary/aromatic N) is 2. The Hall–Kier alpha value is -1.84. The molecule has 0 saturated carbocycles. The Labute approximate surface area is 119 Å². The number of aryl methyl sites for hydroxylation is 2. The SMILES string of the molecule is CCc1nc2ccccc2n1CCC(=O)OC(C)(C)C. The van der Waals surface area contributed by atoms with Crippen molar-refractivity contribution in [2.75, 3.05) is 0 Å². The molecule has 0 radical (unpaired) electrons. The fourth-order valence-corrected chi connectivity index (χ4v) is 2.24. The van der Waals surface area contributed by atoms with Crippen LogP contribution in [0.25, 0.3) is 11.0 Å². The van der Waals surface area contributed by atoms with Crippen molar-refractivity contribution in [2.24, 2.45) is 0 Å². The molecule has 2 aromatic rings. The molecule has 0 fully saturated rings. The highest BCUT2D eigenvalue weighted by Crippen LogP contribution is 2.17. The summed E-state index contributed by atoms with van der Waals surface area (Å²) in [6.07, 6.45) is 1.22. The average Bonchev–Trinajstić information content (AvgIpc) is 2.72. The lowest BCUT2D eigenvalue weighted by molar-refractivity contribution is -0.155. The van der Waals surface area contributed by atoms with Crippen molar-refractivity contribution in [2.45, 2.75) is 52.7 Å². The predicted octanol–water partition coefficient (Wildman–Crippen LogP) is 3.33. The van der Waals surface area contributed by atoms with Crippen LogP contribution in [-0.4, -0.2) is 21.1 Å². The molecule has 20 heavy (non-hydrogen) atoms. The second-order valence-electron chi connectivity index (χ2n) is 5.86. The second kappa shape index (κ2) is 5.65. The standard InChI is InChI=1S/C16H22N2O2/c1-5-14-17-12-8-6-7-9-13(12)18(14)11-10-15(19)20-16(2,3)4/h6-9H,5,10-11H2,1-4H3. The second-order valence-corrected chi connectivity index (χ2v) is 5.86. The van der Waals surface area contributed by atoms with Gasteiger partial charge in [0.05, 0.1) is 17.5 Å². The van der Waals surface area contributed by atoms with E-state index in [0.717, 1.165) is 23.3 Å². The van der Waals surface area contributed by atoms with E-state index in [-0.39, 0.29) is 5.97 Å². The van der Waals surface area contributed by atoms with E-state index in [1.165, 1.54) is 0 Å². The fraction of sp³-hybridized carbons (Fsp3) is 0.500. The number of rotatable bonds is 4. The lowest BCUT2D eigenvalue weighted by Crippen LogP contribution is -2.24. The Morgan fingerprint density at radius 3 is 2.65 bits per heavy atom. The molecule has 4 heteroatoms. The highest BCUT2D eigenvalue weighted by atomic mass is 16.6. The number of para-hydroxylation sites is 2. The van der Waals surface area contributed by atoms with Crippen LogP contribution in [0, 0.1) is 0 Å². The zero-order chi connectivity index (χ0) is 14.8. The summed E-state index contributed by atoms with van der Waals surface area (Å²) >= 11 is 0. The molecule has 0 atom stereocenters. The van der Waals surface area contributed by atoms with E-state index >= 15 is 0 Å². The lowest BCUT2D eigenvalue weighted by Gasteiger charge is -2.19. The molecule has 1 heterocycles. The first-order valence-corrected chi connectivity index (χ1v) is 7.06. The molecule has 1 aromatic heterocycles. The molecule has 4 nitrogen and oxygen atoms in total. The molecule has 0 bridgehead atoms. The molecule has 0 amide bonds. The van der Waals surface area contributed by atoms with E-state index in [0.29, 0.717) is 13.0 Å². The number of carbonyl (C=O) groups is 1. The first-order chi connectivity index (χ1) is 9.40. The molecule has 2 rings (SSSR count). The Morgan fingerprint density at radius 2 is 2.00 bits per heavy atom. The summed E-state index contributed by atoms with van der Waals surface area (Å²) in [5.74, 6) is 0.840. The van der Waals surface area contributed by atoms with Gasteiger partial charge in [-0.1, -0.05) is 19.1 Å². The van der Waals surface area contributed by atoms with Gasteiger partial charge in [0.1, 0.15) is 11.4 Å². The maximum absolute atomic E-state index is 11.8. The summed E-state index contributed by atoms with van der Waals surface area (Å²) in [6.45, 7) is 8.34. The molecular weight excluding hydrogens is 252 g/mol. The molecule has 0 N–H and O–H groups in total. The molecule has 0 spiro atoms. The van der Waals surface area contributed by atoms with Gasteiger partial charge in [-0.2, -0.15) is 0 Å². The van der Waals surface area contributed by atoms with Gasteiger partial charge in [0.2, 0.25) is 0 Å². The van der Waals surface area contributed by atoms with Crippen molar-refractivity contribution in [3.8, 4) is 0 Å². The number of aromatic nitrogens is 2. The fourth-order valence-electron chi connectivity index (χ4n) is 2.24. The smallest absolute Gasteiger partial charge is 0.308 e. The maximum atomic E-state index is 11.8. The van der Waals surface area contributed by atoms with E-state index in [1.54, 1.807) is 0 Å². The zero-order valence-electron chi connectivity index (χ0n) is 12.6. The van der Waals surface area contributed by atoms with Gasteiger partial charge in [-0.25, -0.2) is 4.98 Å². The van der Waals surface area contributed by atoms with E-state index in [9.17, 15) is 4.79 Å². The number of imidazole rings is 1. The van der Waals surface area contributed by atoms with Crippen molar-refractivity contribution < 1.29 is 9.53 Å². The maximum Gasteiger partial charge on any atom is 0.308 e. The van der Waals surface area contributed by atoms with Gasteiger partial charge in [-0.05, 0) is 32.9 Å². The van der Waals surface area contributed by atoms with Gasteiger partial charge >= 0.3 is 5.97 Å². The topological polar surface area (TPSA) is 44.1 Å². The third-order valence-corrected chi connectivity index (χ3v) is 3.01. The van der Waals surface area contributed by atoms with Crippen LogP contribution in [0.3, 0.4) is 0 Å². The highest BCUT2D eigenvalue weighted by molar-refractivity contribution is 5.76. The zero-order valence-corrected chi connectivity index (χ0v) is 12.6. The average molecular weight is 274 g/mol. The number of carbonyl (C=O) groups excluding carboxylic acids is 1. The van der Waals surface area contributed by atoms with Crippen LogP contribution in [0.5, 0.6) is 0 Å². The van der Waals surface area contributed by atoms with Gasteiger partial charge in [-0.15, -0.1) is 0 Å². The van der Waals surface area contributed by atoms with Crippen molar-refractivity contribution >= 4 is 17.0 Å². The van der Waals surface area contributed by atoms with Crippen LogP contribution in [-0.2, 0) is 22.5 Å². The Morgan fingerprint density at radius 1 is 1.30 bits per heavy atom. The minimum atomic E-state index is -0.429. The highest BCUT2D eigenvalue weighted by Gasteiger charge is 2.17. The number of benzene rings is 1. The quantitative estimate of drug-likeness (QED) is 0.803. The molecule has 0 saturated heterocycles. The summed E-state index contributed by atoms with van der Waals surface area (Å²) in [5, 5.41) is 0. The van der Waals surface area contributed by atoms with E-state index < -0.39 is 5.60 Å². The molecule has 0 unspecified atom stereocenters. The molecule has 0 aliphatic heterocycles. The first kappa shape index (κ1) is 14.6. The van der Waals surface area contributed by atoms with Crippen LogP contribution in [0.2, 0.25) is 0 Å². The molecular formula is C16H22N2O2. The van der Waals surface area contributed by atoms with Crippen LogP contribution in [0.1, 0.15) is 39.9 Å². The number of hydrogen-bond donors (Lipinski definition) is 0. The summed E-state index contributed by atoms with van der Waals surface area (Å²) < 4.78 is 7.46. The lowest BCUT2D eigenvalue weighted by atomic mass is 10.2. The Kier molecular flexibility index (Phi) is 4.12. The third kappa shape index (κ3) is 3.38. The number of esters is 1. The van der Waals surface area contributed by atoms with Crippen molar-refractivity contribution in [1.82, 2.24) is 9.55 Å². The van der Waals surface area contributed by atoms with Gasteiger partial charge in [0.25, 0.3) is 0 Å². The molecule has 0 aliphatic carbocycles. The van der Waals surface area contributed by atoms with Crippen molar-refractivity contribution in [1.29, 1.82) is 0 Å². The molecule has 1 aromatic carbocycles. The summed E-state index contributed by atoms with van der Waals surface area (Å²) in [5.41, 5.74) is 1.63. The van der Waals surface area contributed by atoms with Crippen LogP contribution < -0.4 is 0 Å².